The average Bonchev–Trinajstić information content (AvgIpc) is 2.79. The largest absolute Gasteiger partial charge is 0.476 e. The average molecular weight is 382 g/mol. The molecule has 0 unspecified atom stereocenters. The summed E-state index contributed by atoms with van der Waals surface area (Å²) in [5.74, 6) is -0.386. The van der Waals surface area contributed by atoms with Crippen molar-refractivity contribution in [1.82, 2.24) is 15.1 Å². The highest BCUT2D eigenvalue weighted by Gasteiger charge is 2.27. The van der Waals surface area contributed by atoms with E-state index in [-0.39, 0.29) is 5.69 Å². The maximum atomic E-state index is 11.2. The lowest BCUT2D eigenvalue weighted by Gasteiger charge is -2.26. The molecule has 7 heteroatoms. The third-order valence-electron chi connectivity index (χ3n) is 4.82. The predicted octanol–water partition coefficient (Wildman–Crippen LogP) is 3.98. The van der Waals surface area contributed by atoms with Crippen LogP contribution in [0.25, 0.3) is 0 Å². The van der Waals surface area contributed by atoms with Gasteiger partial charge in [-0.15, -0.1) is 0 Å². The number of benzene rings is 1. The van der Waals surface area contributed by atoms with Crippen molar-refractivity contribution in [2.45, 2.75) is 32.2 Å². The number of aryl methyl sites for hydroxylation is 1. The number of halogens is 2. The Morgan fingerprint density at radius 2 is 2.16 bits per heavy atom. The number of hydrogen-bond acceptors (Lipinski definition) is 3. The van der Waals surface area contributed by atoms with E-state index in [0.29, 0.717) is 28.4 Å². The summed E-state index contributed by atoms with van der Waals surface area (Å²) in [6.07, 6.45) is 2.13. The van der Waals surface area contributed by atoms with Crippen LogP contribution in [0.4, 0.5) is 0 Å². The molecule has 0 aliphatic carbocycles. The molecule has 0 bridgehead atoms. The van der Waals surface area contributed by atoms with Crippen molar-refractivity contribution in [2.75, 3.05) is 13.1 Å². The van der Waals surface area contributed by atoms with Crippen LogP contribution in [0.2, 0.25) is 10.0 Å². The monoisotopic (exact) mass is 381 g/mol. The third-order valence-corrected chi connectivity index (χ3v) is 5.56. The Bertz CT molecular complexity index is 776. The molecule has 0 amide bonds. The van der Waals surface area contributed by atoms with Crippen LogP contribution < -0.4 is 5.32 Å². The normalized spacial score (nSPS) is 21.1. The molecule has 2 aromatic rings. The maximum Gasteiger partial charge on any atom is 0.356 e. The fourth-order valence-electron chi connectivity index (χ4n) is 3.51. The van der Waals surface area contributed by atoms with Gasteiger partial charge in [-0.1, -0.05) is 29.3 Å². The number of aromatic carboxylic acids is 1. The van der Waals surface area contributed by atoms with Crippen LogP contribution in [0, 0.1) is 12.8 Å². The molecule has 1 saturated heterocycles. The molecule has 1 aliphatic rings. The Kier molecular flexibility index (Phi) is 5.67. The molecule has 0 radical (unpaired) electrons. The number of aromatic nitrogens is 2. The minimum atomic E-state index is -0.998. The van der Waals surface area contributed by atoms with Crippen LogP contribution >= 0.6 is 23.2 Å². The first kappa shape index (κ1) is 18.2. The summed E-state index contributed by atoms with van der Waals surface area (Å²) in [6, 6.07) is 7.44. The quantitative estimate of drug-likeness (QED) is 0.840. The molecule has 1 aliphatic heterocycles. The SMILES string of the molecule is Cc1cc(C(=O)O)nn1C[C@@H]1CNCCC[C@H]1c1ccc(Cl)c(Cl)c1. The number of carbonyl (C=O) groups is 1. The van der Waals surface area contributed by atoms with Gasteiger partial charge in [0.15, 0.2) is 5.69 Å². The lowest BCUT2D eigenvalue weighted by molar-refractivity contribution is 0.0689. The molecule has 0 spiro atoms. The van der Waals surface area contributed by atoms with E-state index in [1.54, 1.807) is 10.7 Å². The summed E-state index contributed by atoms with van der Waals surface area (Å²) in [5.41, 5.74) is 2.12. The number of rotatable bonds is 4. The lowest BCUT2D eigenvalue weighted by atomic mass is 9.83. The first-order chi connectivity index (χ1) is 12.0. The van der Waals surface area contributed by atoms with E-state index in [2.05, 4.69) is 10.4 Å². The van der Waals surface area contributed by atoms with Crippen LogP contribution in [-0.2, 0) is 6.54 Å². The molecule has 5 nitrogen and oxygen atoms in total. The van der Waals surface area contributed by atoms with Crippen LogP contribution in [0.5, 0.6) is 0 Å². The lowest BCUT2D eigenvalue weighted by Crippen LogP contribution is -2.28. The van der Waals surface area contributed by atoms with Gasteiger partial charge in [0.25, 0.3) is 0 Å². The van der Waals surface area contributed by atoms with Crippen LogP contribution in [-0.4, -0.2) is 33.9 Å². The summed E-state index contributed by atoms with van der Waals surface area (Å²) >= 11 is 12.3. The Hall–Kier alpha value is -1.56. The zero-order chi connectivity index (χ0) is 18.0. The second-order valence-corrected chi connectivity index (χ2v) is 7.36. The Morgan fingerprint density at radius 1 is 1.36 bits per heavy atom. The molecule has 134 valence electrons. The van der Waals surface area contributed by atoms with E-state index < -0.39 is 5.97 Å². The van der Waals surface area contributed by atoms with Gasteiger partial charge in [0, 0.05) is 18.8 Å². The molecule has 2 N–H and O–H groups in total. The van der Waals surface area contributed by atoms with Gasteiger partial charge in [0.2, 0.25) is 0 Å². The van der Waals surface area contributed by atoms with Gasteiger partial charge in [-0.25, -0.2) is 4.79 Å². The molecular formula is C18H21Cl2N3O2. The Balaban J connectivity index is 1.88. The molecule has 25 heavy (non-hydrogen) atoms. The van der Waals surface area contributed by atoms with Crippen molar-refractivity contribution in [3.63, 3.8) is 0 Å². The minimum Gasteiger partial charge on any atom is -0.476 e. The predicted molar refractivity (Wildman–Crippen MR) is 98.7 cm³/mol. The van der Waals surface area contributed by atoms with Crippen molar-refractivity contribution in [3.8, 4) is 0 Å². The Morgan fingerprint density at radius 3 is 2.84 bits per heavy atom. The van der Waals surface area contributed by atoms with E-state index >= 15 is 0 Å². The number of nitrogens with zero attached hydrogens (tertiary/aromatic N) is 2. The standard InChI is InChI=1S/C18H21Cl2N3O2/c1-11-7-17(18(24)25)22-23(11)10-13-9-21-6-2-3-14(13)12-4-5-15(19)16(20)8-12/h4-5,7-8,13-14,21H,2-3,6,9-10H2,1H3,(H,24,25)/t13-,14-/m0/s1. The first-order valence-electron chi connectivity index (χ1n) is 8.39. The van der Waals surface area contributed by atoms with Gasteiger partial charge >= 0.3 is 5.97 Å². The van der Waals surface area contributed by atoms with Gasteiger partial charge < -0.3 is 10.4 Å². The first-order valence-corrected chi connectivity index (χ1v) is 9.14. The highest BCUT2D eigenvalue weighted by molar-refractivity contribution is 6.42. The van der Waals surface area contributed by atoms with E-state index in [4.69, 9.17) is 28.3 Å². The van der Waals surface area contributed by atoms with Crippen molar-refractivity contribution < 1.29 is 9.90 Å². The van der Waals surface area contributed by atoms with Crippen molar-refractivity contribution >= 4 is 29.2 Å². The molecule has 1 fully saturated rings. The van der Waals surface area contributed by atoms with E-state index in [1.165, 1.54) is 5.56 Å². The zero-order valence-corrected chi connectivity index (χ0v) is 15.5. The minimum absolute atomic E-state index is 0.0881. The highest BCUT2D eigenvalue weighted by Crippen LogP contribution is 2.35. The van der Waals surface area contributed by atoms with Gasteiger partial charge in [0.05, 0.1) is 10.0 Å². The molecule has 0 saturated carbocycles. The second-order valence-electron chi connectivity index (χ2n) is 6.54. The van der Waals surface area contributed by atoms with E-state index in [0.717, 1.165) is 31.6 Å². The van der Waals surface area contributed by atoms with Crippen molar-refractivity contribution in [2.24, 2.45) is 5.92 Å². The molecular weight excluding hydrogens is 361 g/mol. The summed E-state index contributed by atoms with van der Waals surface area (Å²) in [7, 11) is 0. The van der Waals surface area contributed by atoms with Crippen molar-refractivity contribution in [3.05, 3.63) is 51.3 Å². The fourth-order valence-corrected chi connectivity index (χ4v) is 3.81. The van der Waals surface area contributed by atoms with E-state index in [1.807, 2.05) is 25.1 Å². The molecule has 2 heterocycles. The van der Waals surface area contributed by atoms with Gasteiger partial charge in [-0.3, -0.25) is 4.68 Å². The molecule has 2 atom stereocenters. The van der Waals surface area contributed by atoms with Crippen LogP contribution in [0.1, 0.15) is 40.5 Å². The zero-order valence-electron chi connectivity index (χ0n) is 14.0. The number of carboxylic acid groups (broad SMARTS) is 1. The fraction of sp³-hybridized carbons (Fsp3) is 0.444. The summed E-state index contributed by atoms with van der Waals surface area (Å²) < 4.78 is 1.80. The number of hydrogen-bond donors (Lipinski definition) is 2. The molecule has 1 aromatic heterocycles. The van der Waals surface area contributed by atoms with Crippen molar-refractivity contribution in [1.29, 1.82) is 0 Å². The van der Waals surface area contributed by atoms with E-state index in [9.17, 15) is 4.79 Å². The number of carboxylic acids is 1. The second kappa shape index (κ2) is 7.77. The van der Waals surface area contributed by atoms with Crippen LogP contribution in [0.3, 0.4) is 0 Å². The smallest absolute Gasteiger partial charge is 0.356 e. The van der Waals surface area contributed by atoms with Gasteiger partial charge in [-0.05, 0) is 61.9 Å². The summed E-state index contributed by atoms with van der Waals surface area (Å²) in [5, 5.41) is 18.0. The van der Waals surface area contributed by atoms with Gasteiger partial charge in [-0.2, -0.15) is 5.10 Å². The topological polar surface area (TPSA) is 67.1 Å². The maximum absolute atomic E-state index is 11.2. The summed E-state index contributed by atoms with van der Waals surface area (Å²) in [4.78, 5) is 11.2. The molecule has 1 aromatic carbocycles. The summed E-state index contributed by atoms with van der Waals surface area (Å²) in [6.45, 7) is 4.38. The van der Waals surface area contributed by atoms with Crippen LogP contribution in [0.15, 0.2) is 24.3 Å². The highest BCUT2D eigenvalue weighted by atomic mass is 35.5. The van der Waals surface area contributed by atoms with Gasteiger partial charge in [0.1, 0.15) is 0 Å². The molecule has 3 rings (SSSR count). The third kappa shape index (κ3) is 4.17. The Labute approximate surface area is 156 Å². The number of nitrogens with one attached hydrogen (secondary N) is 1.